The molecule has 1 rings (SSSR count). The predicted octanol–water partition coefficient (Wildman–Crippen LogP) is 1.82. The number of benzene rings is 1. The molecular formula is C13H18INO5S. The number of rotatable bonds is 5. The van der Waals surface area contributed by atoms with E-state index >= 15 is 0 Å². The van der Waals surface area contributed by atoms with Gasteiger partial charge in [-0.2, -0.15) is 0 Å². The van der Waals surface area contributed by atoms with E-state index in [-0.39, 0.29) is 10.5 Å². The van der Waals surface area contributed by atoms with Crippen LogP contribution in [0.15, 0.2) is 23.1 Å². The Labute approximate surface area is 137 Å². The number of sulfonamides is 1. The highest BCUT2D eigenvalue weighted by Gasteiger charge is 2.39. The number of aromatic carboxylic acids is 1. The van der Waals surface area contributed by atoms with Gasteiger partial charge in [0, 0.05) is 3.57 Å². The van der Waals surface area contributed by atoms with Crippen LogP contribution >= 0.6 is 22.6 Å². The van der Waals surface area contributed by atoms with Crippen molar-refractivity contribution in [2.75, 3.05) is 0 Å². The quantitative estimate of drug-likeness (QED) is 0.622. The first-order valence-electron chi connectivity index (χ1n) is 6.07. The molecule has 0 amide bonds. The van der Waals surface area contributed by atoms with Crippen molar-refractivity contribution in [3.05, 3.63) is 27.3 Å². The van der Waals surface area contributed by atoms with Crippen LogP contribution in [0, 0.1) is 3.57 Å². The third-order valence-electron chi connectivity index (χ3n) is 3.40. The molecule has 0 radical (unpaired) electrons. The largest absolute Gasteiger partial charge is 0.478 e. The molecule has 1 aromatic rings. The number of aliphatic hydroxyl groups is 1. The van der Waals surface area contributed by atoms with E-state index in [0.717, 1.165) is 6.07 Å². The van der Waals surface area contributed by atoms with Gasteiger partial charge in [-0.25, -0.2) is 17.9 Å². The first-order chi connectivity index (χ1) is 9.28. The van der Waals surface area contributed by atoms with Crippen molar-refractivity contribution >= 4 is 38.6 Å². The Hall–Kier alpha value is -0.710. The minimum absolute atomic E-state index is 0.0838. The number of hydrogen-bond donors (Lipinski definition) is 3. The Morgan fingerprint density at radius 1 is 1.24 bits per heavy atom. The summed E-state index contributed by atoms with van der Waals surface area (Å²) in [4.78, 5) is 10.9. The van der Waals surface area contributed by atoms with Crippen LogP contribution in [0.1, 0.15) is 38.1 Å². The summed E-state index contributed by atoms with van der Waals surface area (Å²) in [5.74, 6) is -1.20. The van der Waals surface area contributed by atoms with Gasteiger partial charge in [-0.15, -0.1) is 0 Å². The van der Waals surface area contributed by atoms with Crippen molar-refractivity contribution in [1.82, 2.24) is 4.72 Å². The van der Waals surface area contributed by atoms with Gasteiger partial charge in [0.05, 0.1) is 21.6 Å². The normalized spacial score (nSPS) is 13.2. The smallest absolute Gasteiger partial charge is 0.336 e. The molecule has 1 aromatic carbocycles. The summed E-state index contributed by atoms with van der Waals surface area (Å²) < 4.78 is 27.6. The maximum atomic E-state index is 12.4. The number of carbonyl (C=O) groups is 1. The van der Waals surface area contributed by atoms with Crippen molar-refractivity contribution in [1.29, 1.82) is 0 Å². The highest BCUT2D eigenvalue weighted by atomic mass is 127. The van der Waals surface area contributed by atoms with Crippen LogP contribution in [0.25, 0.3) is 0 Å². The fourth-order valence-corrected chi connectivity index (χ4v) is 3.48. The molecular weight excluding hydrogens is 409 g/mol. The second-order valence-electron chi connectivity index (χ2n) is 5.74. The molecule has 0 spiro atoms. The zero-order valence-corrected chi connectivity index (χ0v) is 15.1. The van der Waals surface area contributed by atoms with Gasteiger partial charge in [0.1, 0.15) is 0 Å². The Morgan fingerprint density at radius 3 is 2.19 bits per heavy atom. The lowest BCUT2D eigenvalue weighted by Gasteiger charge is -2.37. The van der Waals surface area contributed by atoms with E-state index in [2.05, 4.69) is 4.72 Å². The van der Waals surface area contributed by atoms with Crippen molar-refractivity contribution in [3.63, 3.8) is 0 Å². The van der Waals surface area contributed by atoms with E-state index in [0.29, 0.717) is 3.57 Å². The van der Waals surface area contributed by atoms with E-state index in [9.17, 15) is 18.3 Å². The Balaban J connectivity index is 3.27. The van der Waals surface area contributed by atoms with Crippen LogP contribution in [0.5, 0.6) is 0 Å². The van der Waals surface area contributed by atoms with Gasteiger partial charge in [0.2, 0.25) is 10.0 Å². The van der Waals surface area contributed by atoms with E-state index in [4.69, 9.17) is 5.11 Å². The molecule has 0 unspecified atom stereocenters. The first kappa shape index (κ1) is 18.3. The second kappa shape index (κ2) is 5.82. The molecule has 118 valence electrons. The Morgan fingerprint density at radius 2 is 1.76 bits per heavy atom. The summed E-state index contributed by atoms with van der Waals surface area (Å²) in [7, 11) is -3.95. The molecule has 0 aliphatic rings. The van der Waals surface area contributed by atoms with Gasteiger partial charge in [0.25, 0.3) is 0 Å². The molecule has 0 saturated carbocycles. The summed E-state index contributed by atoms with van der Waals surface area (Å²) in [5, 5.41) is 19.1. The summed E-state index contributed by atoms with van der Waals surface area (Å²) in [6, 6.07) is 3.86. The van der Waals surface area contributed by atoms with Gasteiger partial charge in [-0.3, -0.25) is 0 Å². The van der Waals surface area contributed by atoms with E-state index in [1.54, 1.807) is 13.8 Å². The summed E-state index contributed by atoms with van der Waals surface area (Å²) in [6.45, 7) is 6.09. The van der Waals surface area contributed by atoms with E-state index < -0.39 is 27.1 Å². The zero-order valence-electron chi connectivity index (χ0n) is 12.1. The average molecular weight is 427 g/mol. The summed E-state index contributed by atoms with van der Waals surface area (Å²) in [6.07, 6.45) is 0. The monoisotopic (exact) mass is 427 g/mol. The second-order valence-corrected chi connectivity index (χ2v) is 8.58. The molecule has 0 fully saturated rings. The van der Waals surface area contributed by atoms with E-state index in [1.165, 1.54) is 26.0 Å². The molecule has 8 heteroatoms. The number of carboxylic acid groups (broad SMARTS) is 1. The Kier molecular flexibility index (Phi) is 5.09. The number of carboxylic acids is 1. The highest BCUT2D eigenvalue weighted by molar-refractivity contribution is 14.1. The van der Waals surface area contributed by atoms with Crippen LogP contribution in [0.3, 0.4) is 0 Å². The van der Waals surface area contributed by atoms with Crippen molar-refractivity contribution in [3.8, 4) is 0 Å². The highest BCUT2D eigenvalue weighted by Crippen LogP contribution is 2.25. The van der Waals surface area contributed by atoms with Crippen molar-refractivity contribution in [2.24, 2.45) is 0 Å². The van der Waals surface area contributed by atoms with Crippen LogP contribution in [-0.4, -0.2) is 35.7 Å². The average Bonchev–Trinajstić information content (AvgIpc) is 2.25. The molecule has 0 aliphatic heterocycles. The lowest BCUT2D eigenvalue weighted by atomic mass is 9.87. The molecule has 3 N–H and O–H groups in total. The Bertz CT molecular complexity index is 662. The minimum Gasteiger partial charge on any atom is -0.478 e. The van der Waals surface area contributed by atoms with Gasteiger partial charge in [0.15, 0.2) is 0 Å². The van der Waals surface area contributed by atoms with Crippen molar-refractivity contribution < 1.29 is 23.4 Å². The first-order valence-corrected chi connectivity index (χ1v) is 8.63. The predicted molar refractivity (Wildman–Crippen MR) is 86.8 cm³/mol. The summed E-state index contributed by atoms with van der Waals surface area (Å²) >= 11 is 1.83. The zero-order chi connectivity index (χ0) is 16.6. The molecule has 0 aromatic heterocycles. The lowest BCUT2D eigenvalue weighted by Crippen LogP contribution is -2.57. The van der Waals surface area contributed by atoms with Crippen LogP contribution in [0.4, 0.5) is 0 Å². The number of halogens is 1. The molecule has 0 bridgehead atoms. The molecule has 0 aliphatic carbocycles. The maximum Gasteiger partial charge on any atom is 0.336 e. The van der Waals surface area contributed by atoms with Gasteiger partial charge < -0.3 is 10.2 Å². The topological polar surface area (TPSA) is 104 Å². The van der Waals surface area contributed by atoms with E-state index in [1.807, 2.05) is 22.6 Å². The fourth-order valence-electron chi connectivity index (χ4n) is 1.36. The van der Waals surface area contributed by atoms with Gasteiger partial charge in [-0.1, -0.05) is 0 Å². The van der Waals surface area contributed by atoms with Gasteiger partial charge >= 0.3 is 5.97 Å². The third-order valence-corrected chi connectivity index (χ3v) is 5.99. The summed E-state index contributed by atoms with van der Waals surface area (Å²) in [5.41, 5.74) is -2.50. The fraction of sp³-hybridized carbons (Fsp3) is 0.462. The molecule has 0 atom stereocenters. The van der Waals surface area contributed by atoms with Crippen LogP contribution in [0.2, 0.25) is 0 Å². The van der Waals surface area contributed by atoms with Gasteiger partial charge in [-0.05, 0) is 68.5 Å². The minimum atomic E-state index is -3.95. The van der Waals surface area contributed by atoms with Crippen LogP contribution in [-0.2, 0) is 10.0 Å². The van der Waals surface area contributed by atoms with Crippen LogP contribution < -0.4 is 4.72 Å². The van der Waals surface area contributed by atoms with Crippen molar-refractivity contribution in [2.45, 2.75) is 43.7 Å². The molecule has 0 heterocycles. The lowest BCUT2D eigenvalue weighted by molar-refractivity contribution is 0.00638. The molecule has 6 nitrogen and oxygen atoms in total. The number of nitrogens with one attached hydrogen (secondary N) is 1. The SMILES string of the molecule is CC(C)(O)C(C)(C)NS(=O)(=O)c1ccc(I)c(C(=O)O)c1. The maximum absolute atomic E-state index is 12.4. The number of hydrogen-bond acceptors (Lipinski definition) is 4. The third kappa shape index (κ3) is 4.15. The molecule has 21 heavy (non-hydrogen) atoms. The standard InChI is InChI=1S/C13H18INO5S/c1-12(2,13(3,4)18)15-21(19,20)8-5-6-10(14)9(7-8)11(16)17/h5-7,15,18H,1-4H3,(H,16,17). The molecule has 0 saturated heterocycles.